The number of thiophene rings is 1. The summed E-state index contributed by atoms with van der Waals surface area (Å²) in [7, 11) is -1.85. The minimum absolute atomic E-state index is 0.248. The highest BCUT2D eigenvalue weighted by molar-refractivity contribution is 7.89. The maximum Gasteiger partial charge on any atom is 0.244 e. The molecule has 7 heteroatoms. The predicted octanol–water partition coefficient (Wildman–Crippen LogP) is 2.72. The summed E-state index contributed by atoms with van der Waals surface area (Å²) in [5, 5.41) is 4.91. The first-order valence-corrected chi connectivity index (χ1v) is 9.02. The second kappa shape index (κ2) is 6.31. The van der Waals surface area contributed by atoms with E-state index in [4.69, 9.17) is 4.42 Å². The molecular formula is C14H20N2O3S2. The Labute approximate surface area is 129 Å². The molecule has 0 amide bonds. The number of nitrogens with one attached hydrogen (secondary N) is 2. The van der Waals surface area contributed by atoms with Crippen LogP contribution in [0.3, 0.4) is 0 Å². The molecule has 1 atom stereocenters. The van der Waals surface area contributed by atoms with Crippen molar-refractivity contribution >= 4 is 21.4 Å². The fourth-order valence-electron chi connectivity index (χ4n) is 2.33. The summed E-state index contributed by atoms with van der Waals surface area (Å²) in [6, 6.07) is 3.55. The van der Waals surface area contributed by atoms with Crippen LogP contribution in [0, 0.1) is 13.8 Å². The fraction of sp³-hybridized carbons (Fsp3) is 0.429. The van der Waals surface area contributed by atoms with Crippen LogP contribution in [-0.2, 0) is 16.6 Å². The number of aryl methyl sites for hydroxylation is 2. The Hall–Kier alpha value is -1.15. The minimum Gasteiger partial charge on any atom is -0.465 e. The second-order valence-electron chi connectivity index (χ2n) is 4.91. The molecule has 0 saturated carbocycles. The van der Waals surface area contributed by atoms with Crippen molar-refractivity contribution in [1.82, 2.24) is 10.0 Å². The van der Waals surface area contributed by atoms with Crippen LogP contribution in [0.1, 0.15) is 34.9 Å². The van der Waals surface area contributed by atoms with Crippen LogP contribution in [0.5, 0.6) is 0 Å². The molecule has 0 radical (unpaired) electrons. The van der Waals surface area contributed by atoms with Crippen molar-refractivity contribution in [2.24, 2.45) is 0 Å². The lowest BCUT2D eigenvalue weighted by Crippen LogP contribution is -2.28. The number of furan rings is 1. The molecule has 0 aliphatic rings. The number of sulfonamides is 1. The average molecular weight is 328 g/mol. The van der Waals surface area contributed by atoms with Crippen LogP contribution >= 0.6 is 11.3 Å². The van der Waals surface area contributed by atoms with Gasteiger partial charge in [0.1, 0.15) is 16.4 Å². The lowest BCUT2D eigenvalue weighted by atomic mass is 10.2. The Morgan fingerprint density at radius 2 is 2.05 bits per heavy atom. The summed E-state index contributed by atoms with van der Waals surface area (Å²) in [6.45, 7) is 5.74. The molecule has 2 rings (SSSR count). The van der Waals surface area contributed by atoms with Crippen molar-refractivity contribution in [3.8, 4) is 0 Å². The third-order valence-electron chi connectivity index (χ3n) is 3.25. The van der Waals surface area contributed by atoms with Gasteiger partial charge in [-0.05, 0) is 39.3 Å². The van der Waals surface area contributed by atoms with E-state index in [1.165, 1.54) is 11.3 Å². The molecule has 0 aliphatic heterocycles. The molecule has 0 saturated heterocycles. The van der Waals surface area contributed by atoms with Gasteiger partial charge < -0.3 is 9.73 Å². The normalized spacial score (nSPS) is 13.5. The second-order valence-corrected chi connectivity index (χ2v) is 7.54. The van der Waals surface area contributed by atoms with E-state index in [-0.39, 0.29) is 10.9 Å². The third-order valence-corrected chi connectivity index (χ3v) is 6.04. The van der Waals surface area contributed by atoms with Gasteiger partial charge in [0.2, 0.25) is 10.0 Å². The molecule has 2 heterocycles. The van der Waals surface area contributed by atoms with Crippen LogP contribution in [-0.4, -0.2) is 15.5 Å². The van der Waals surface area contributed by atoms with E-state index in [2.05, 4.69) is 10.0 Å². The smallest absolute Gasteiger partial charge is 0.244 e. The standard InChI is InChI=1S/C14H20N2O3S2/c1-9(13-6-5-7-20-13)16-21(17,18)14-11(3)19-10(2)12(14)8-15-4/h5-7,9,15-16H,8H2,1-4H3. The van der Waals surface area contributed by atoms with Crippen LogP contribution in [0.4, 0.5) is 0 Å². The first-order chi connectivity index (χ1) is 9.86. The maximum absolute atomic E-state index is 12.7. The molecule has 5 nitrogen and oxygen atoms in total. The molecule has 0 bridgehead atoms. The summed E-state index contributed by atoms with van der Waals surface area (Å²) >= 11 is 1.53. The van der Waals surface area contributed by atoms with Crippen LogP contribution < -0.4 is 10.0 Å². The third kappa shape index (κ3) is 3.37. The summed E-state index contributed by atoms with van der Waals surface area (Å²) in [4.78, 5) is 1.23. The Kier molecular flexibility index (Phi) is 4.88. The Balaban J connectivity index is 2.36. The molecular weight excluding hydrogens is 308 g/mol. The molecule has 1 unspecified atom stereocenters. The lowest BCUT2D eigenvalue weighted by molar-refractivity contribution is 0.493. The van der Waals surface area contributed by atoms with E-state index in [1.807, 2.05) is 24.4 Å². The lowest BCUT2D eigenvalue weighted by Gasteiger charge is -2.13. The quantitative estimate of drug-likeness (QED) is 0.855. The largest absolute Gasteiger partial charge is 0.465 e. The topological polar surface area (TPSA) is 71.3 Å². The van der Waals surface area contributed by atoms with E-state index < -0.39 is 10.0 Å². The van der Waals surface area contributed by atoms with E-state index in [0.29, 0.717) is 23.6 Å². The molecule has 0 fully saturated rings. The van der Waals surface area contributed by atoms with Crippen molar-refractivity contribution in [3.05, 3.63) is 39.5 Å². The van der Waals surface area contributed by atoms with Crippen LogP contribution in [0.15, 0.2) is 26.8 Å². The molecule has 2 N–H and O–H groups in total. The predicted molar refractivity (Wildman–Crippen MR) is 84.0 cm³/mol. The summed E-state index contributed by atoms with van der Waals surface area (Å²) in [6.07, 6.45) is 0. The average Bonchev–Trinajstić information content (AvgIpc) is 2.98. The SMILES string of the molecule is CNCc1c(C)oc(C)c1S(=O)(=O)NC(C)c1cccs1. The van der Waals surface area contributed by atoms with Crippen molar-refractivity contribution in [2.75, 3.05) is 7.05 Å². The molecule has 2 aromatic rings. The zero-order valence-electron chi connectivity index (χ0n) is 12.6. The fourth-order valence-corrected chi connectivity index (χ4v) is 4.81. The molecule has 0 aliphatic carbocycles. The minimum atomic E-state index is -3.63. The highest BCUT2D eigenvalue weighted by Crippen LogP contribution is 2.28. The van der Waals surface area contributed by atoms with E-state index >= 15 is 0 Å². The van der Waals surface area contributed by atoms with Gasteiger partial charge in [0.25, 0.3) is 0 Å². The van der Waals surface area contributed by atoms with Crippen molar-refractivity contribution in [3.63, 3.8) is 0 Å². The zero-order chi connectivity index (χ0) is 15.6. The molecule has 2 aromatic heterocycles. The number of rotatable bonds is 6. The first-order valence-electron chi connectivity index (χ1n) is 6.66. The molecule has 21 heavy (non-hydrogen) atoms. The van der Waals surface area contributed by atoms with Crippen molar-refractivity contribution < 1.29 is 12.8 Å². The van der Waals surface area contributed by atoms with Gasteiger partial charge in [0.05, 0.1) is 6.04 Å². The van der Waals surface area contributed by atoms with Crippen LogP contribution in [0.2, 0.25) is 0 Å². The van der Waals surface area contributed by atoms with E-state index in [0.717, 1.165) is 4.88 Å². The number of hydrogen-bond donors (Lipinski definition) is 2. The van der Waals surface area contributed by atoms with Crippen LogP contribution in [0.25, 0.3) is 0 Å². The Morgan fingerprint density at radius 3 is 2.62 bits per heavy atom. The van der Waals surface area contributed by atoms with Gasteiger partial charge in [-0.1, -0.05) is 6.07 Å². The zero-order valence-corrected chi connectivity index (χ0v) is 14.2. The van der Waals surface area contributed by atoms with E-state index in [9.17, 15) is 8.42 Å². The molecule has 0 aromatic carbocycles. The Morgan fingerprint density at radius 1 is 1.33 bits per heavy atom. The van der Waals surface area contributed by atoms with Gasteiger partial charge >= 0.3 is 0 Å². The van der Waals surface area contributed by atoms with Gasteiger partial charge in [-0.25, -0.2) is 13.1 Å². The molecule has 0 spiro atoms. The summed E-state index contributed by atoms with van der Waals surface area (Å²) in [5.41, 5.74) is 0.681. The van der Waals surface area contributed by atoms with Gasteiger partial charge in [-0.3, -0.25) is 0 Å². The van der Waals surface area contributed by atoms with Crippen molar-refractivity contribution in [1.29, 1.82) is 0 Å². The van der Waals surface area contributed by atoms with Gasteiger partial charge in [-0.15, -0.1) is 11.3 Å². The summed E-state index contributed by atoms with van der Waals surface area (Å²) < 4.78 is 33.6. The molecule has 116 valence electrons. The highest BCUT2D eigenvalue weighted by Gasteiger charge is 2.28. The monoisotopic (exact) mass is 328 g/mol. The Bertz CT molecular complexity index is 703. The van der Waals surface area contributed by atoms with Gasteiger partial charge in [0.15, 0.2) is 0 Å². The van der Waals surface area contributed by atoms with Gasteiger partial charge in [-0.2, -0.15) is 0 Å². The number of hydrogen-bond acceptors (Lipinski definition) is 5. The van der Waals surface area contributed by atoms with Gasteiger partial charge in [0, 0.05) is 17.0 Å². The highest BCUT2D eigenvalue weighted by atomic mass is 32.2. The first kappa shape index (κ1) is 16.2. The summed E-state index contributed by atoms with van der Waals surface area (Å²) in [5.74, 6) is 1.05. The maximum atomic E-state index is 12.7. The van der Waals surface area contributed by atoms with E-state index in [1.54, 1.807) is 20.9 Å². The van der Waals surface area contributed by atoms with Crippen molar-refractivity contribution in [2.45, 2.75) is 38.3 Å².